The number of rotatable bonds is 1. The van der Waals surface area contributed by atoms with Crippen LogP contribution in [-0.4, -0.2) is 14.5 Å². The van der Waals surface area contributed by atoms with E-state index in [1.54, 1.807) is 0 Å². The number of aromatic nitrogens is 3. The maximum atomic E-state index is 6.24. The lowest BCUT2D eigenvalue weighted by molar-refractivity contribution is 0.486. The minimum absolute atomic E-state index is 0.0944. The van der Waals surface area contributed by atoms with Crippen molar-refractivity contribution in [1.82, 2.24) is 14.5 Å². The van der Waals surface area contributed by atoms with Crippen LogP contribution in [0.25, 0.3) is 61.0 Å². The SMILES string of the molecule is CC1(C)c2ccccc2-c2cc3c4ccccc4n(-c4nc5c6c(cccc6n4)Oc4ccccc4-5)c3cc21. The van der Waals surface area contributed by atoms with Gasteiger partial charge in [0, 0.05) is 21.8 Å². The quantitative estimate of drug-likeness (QED) is 0.226. The number of hydrogen-bond donors (Lipinski definition) is 0. The zero-order valence-corrected chi connectivity index (χ0v) is 21.6. The number of benzene rings is 5. The largest absolute Gasteiger partial charge is 0.456 e. The molecule has 1 aliphatic heterocycles. The van der Waals surface area contributed by atoms with E-state index in [2.05, 4.69) is 91.2 Å². The number of ether oxygens (including phenoxy) is 1. The van der Waals surface area contributed by atoms with Gasteiger partial charge in [0.2, 0.25) is 5.95 Å². The van der Waals surface area contributed by atoms with Gasteiger partial charge in [-0.1, -0.05) is 74.5 Å². The molecule has 0 fully saturated rings. The molecular weight excluding hydrogens is 478 g/mol. The maximum absolute atomic E-state index is 6.24. The highest BCUT2D eigenvalue weighted by atomic mass is 16.5. The van der Waals surface area contributed by atoms with Gasteiger partial charge in [-0.2, -0.15) is 0 Å². The van der Waals surface area contributed by atoms with E-state index in [0.29, 0.717) is 5.95 Å². The van der Waals surface area contributed by atoms with Crippen LogP contribution < -0.4 is 4.74 Å². The van der Waals surface area contributed by atoms with E-state index in [1.165, 1.54) is 33.0 Å². The summed E-state index contributed by atoms with van der Waals surface area (Å²) in [5.74, 6) is 2.29. The normalized spacial score (nSPS) is 14.3. The molecule has 0 bridgehead atoms. The van der Waals surface area contributed by atoms with E-state index in [0.717, 1.165) is 44.7 Å². The van der Waals surface area contributed by atoms with Crippen LogP contribution in [0.4, 0.5) is 0 Å². The third-order valence-electron chi connectivity index (χ3n) is 8.61. The molecule has 0 spiro atoms. The van der Waals surface area contributed by atoms with Crippen molar-refractivity contribution < 1.29 is 4.74 Å². The Morgan fingerprint density at radius 1 is 0.615 bits per heavy atom. The van der Waals surface area contributed by atoms with Gasteiger partial charge in [0.05, 0.1) is 27.6 Å². The first kappa shape index (κ1) is 21.0. The van der Waals surface area contributed by atoms with Crippen molar-refractivity contribution in [2.75, 3.05) is 0 Å². The second-order valence-electron chi connectivity index (χ2n) is 11.1. The van der Waals surface area contributed by atoms with Gasteiger partial charge < -0.3 is 4.74 Å². The van der Waals surface area contributed by atoms with Crippen LogP contribution >= 0.6 is 0 Å². The minimum Gasteiger partial charge on any atom is -0.456 e. The van der Waals surface area contributed by atoms with Crippen LogP contribution in [0.1, 0.15) is 25.0 Å². The lowest BCUT2D eigenvalue weighted by Crippen LogP contribution is -2.15. The van der Waals surface area contributed by atoms with Crippen LogP contribution in [0.3, 0.4) is 0 Å². The van der Waals surface area contributed by atoms with Crippen LogP contribution in [0.5, 0.6) is 11.5 Å². The minimum atomic E-state index is -0.0944. The molecule has 0 radical (unpaired) electrons. The first-order chi connectivity index (χ1) is 19.1. The van der Waals surface area contributed by atoms with E-state index < -0.39 is 0 Å². The molecule has 0 N–H and O–H groups in total. The maximum Gasteiger partial charge on any atom is 0.235 e. The summed E-state index contributed by atoms with van der Waals surface area (Å²) in [6, 6.07) is 36.3. The van der Waals surface area contributed by atoms with Gasteiger partial charge in [-0.05, 0) is 64.7 Å². The van der Waals surface area contributed by atoms with Crippen LogP contribution in [0.15, 0.2) is 103 Å². The van der Waals surface area contributed by atoms with Gasteiger partial charge in [0.25, 0.3) is 0 Å². The van der Waals surface area contributed by atoms with Crippen molar-refractivity contribution in [3.8, 4) is 39.8 Å². The molecule has 2 aliphatic rings. The monoisotopic (exact) mass is 501 g/mol. The van der Waals surface area contributed by atoms with Gasteiger partial charge in [0.1, 0.15) is 11.5 Å². The molecule has 0 saturated carbocycles. The third-order valence-corrected chi connectivity index (χ3v) is 8.61. The van der Waals surface area contributed by atoms with Gasteiger partial charge in [-0.25, -0.2) is 9.97 Å². The van der Waals surface area contributed by atoms with E-state index in [4.69, 9.17) is 14.7 Å². The average molecular weight is 502 g/mol. The molecule has 39 heavy (non-hydrogen) atoms. The molecule has 0 atom stereocenters. The lowest BCUT2D eigenvalue weighted by atomic mass is 9.82. The molecule has 0 saturated heterocycles. The van der Waals surface area contributed by atoms with E-state index in [-0.39, 0.29) is 5.41 Å². The van der Waals surface area contributed by atoms with Crippen LogP contribution in [-0.2, 0) is 5.41 Å². The fourth-order valence-electron chi connectivity index (χ4n) is 6.77. The van der Waals surface area contributed by atoms with Gasteiger partial charge in [-0.15, -0.1) is 0 Å². The molecule has 0 amide bonds. The Kier molecular flexibility index (Phi) is 3.84. The highest BCUT2D eigenvalue weighted by molar-refractivity contribution is 6.11. The summed E-state index contributed by atoms with van der Waals surface area (Å²) >= 11 is 0. The van der Waals surface area contributed by atoms with Crippen molar-refractivity contribution in [2.24, 2.45) is 0 Å². The van der Waals surface area contributed by atoms with Crippen molar-refractivity contribution in [3.63, 3.8) is 0 Å². The summed E-state index contributed by atoms with van der Waals surface area (Å²) in [7, 11) is 0. The predicted molar refractivity (Wildman–Crippen MR) is 157 cm³/mol. The number of hydrogen-bond acceptors (Lipinski definition) is 3. The second kappa shape index (κ2) is 7.12. The van der Waals surface area contributed by atoms with Crippen molar-refractivity contribution in [1.29, 1.82) is 0 Å². The Bertz CT molecular complexity index is 2190. The van der Waals surface area contributed by atoms with Crippen molar-refractivity contribution >= 4 is 32.7 Å². The second-order valence-corrected chi connectivity index (χ2v) is 11.1. The molecule has 5 aromatic carbocycles. The smallest absolute Gasteiger partial charge is 0.235 e. The summed E-state index contributed by atoms with van der Waals surface area (Å²) in [6.45, 7) is 4.65. The van der Waals surface area contributed by atoms with Gasteiger partial charge >= 0.3 is 0 Å². The molecule has 2 aromatic heterocycles. The highest BCUT2D eigenvalue weighted by Gasteiger charge is 2.36. The van der Waals surface area contributed by atoms with Crippen molar-refractivity contribution in [3.05, 3.63) is 114 Å². The zero-order chi connectivity index (χ0) is 25.9. The number of para-hydroxylation sites is 2. The Labute approximate surface area is 225 Å². The Morgan fingerprint density at radius 2 is 1.38 bits per heavy atom. The fourth-order valence-corrected chi connectivity index (χ4v) is 6.77. The molecule has 4 nitrogen and oxygen atoms in total. The summed E-state index contributed by atoms with van der Waals surface area (Å²) in [6.07, 6.45) is 0. The molecular formula is C35H23N3O. The molecule has 1 aliphatic carbocycles. The van der Waals surface area contributed by atoms with Crippen molar-refractivity contribution in [2.45, 2.75) is 19.3 Å². The fraction of sp³-hybridized carbons (Fsp3) is 0.0857. The van der Waals surface area contributed by atoms with Crippen LogP contribution in [0.2, 0.25) is 0 Å². The predicted octanol–water partition coefficient (Wildman–Crippen LogP) is 8.81. The topological polar surface area (TPSA) is 39.9 Å². The summed E-state index contributed by atoms with van der Waals surface area (Å²) < 4.78 is 8.48. The lowest BCUT2D eigenvalue weighted by Gasteiger charge is -2.22. The summed E-state index contributed by atoms with van der Waals surface area (Å²) in [4.78, 5) is 10.4. The number of fused-ring (bicyclic) bond motifs is 8. The van der Waals surface area contributed by atoms with Gasteiger partial charge in [0.15, 0.2) is 0 Å². The molecule has 4 heteroatoms. The summed E-state index contributed by atoms with van der Waals surface area (Å²) in [5, 5.41) is 3.37. The standard InChI is InChI=1S/C35H23N3O/c1-35(2)25-13-6-3-10-20(25)23-18-24-21-11-4-7-15-28(21)38(29(24)19-26(23)35)34-36-27-14-9-17-31-32(27)33(37-34)22-12-5-8-16-30(22)39-31/h3-19H,1-2H3. The van der Waals surface area contributed by atoms with E-state index >= 15 is 0 Å². The Hall–Kier alpha value is -4.96. The van der Waals surface area contributed by atoms with Crippen LogP contribution in [0, 0.1) is 0 Å². The molecule has 9 rings (SSSR count). The molecule has 3 heterocycles. The summed E-state index contributed by atoms with van der Waals surface area (Å²) in [5.41, 5.74) is 10.3. The average Bonchev–Trinajstić information content (AvgIpc) is 3.41. The first-order valence-corrected chi connectivity index (χ1v) is 13.4. The third kappa shape index (κ3) is 2.63. The first-order valence-electron chi connectivity index (χ1n) is 13.4. The highest BCUT2D eigenvalue weighted by Crippen LogP contribution is 2.51. The molecule has 7 aromatic rings. The van der Waals surface area contributed by atoms with Gasteiger partial charge in [-0.3, -0.25) is 4.57 Å². The molecule has 0 unspecified atom stereocenters. The Morgan fingerprint density at radius 3 is 2.31 bits per heavy atom. The number of nitrogens with zero attached hydrogens (tertiary/aromatic N) is 3. The molecule has 184 valence electrons. The Balaban J connectivity index is 1.41. The van der Waals surface area contributed by atoms with E-state index in [1.807, 2.05) is 30.3 Å². The zero-order valence-electron chi connectivity index (χ0n) is 21.6. The van der Waals surface area contributed by atoms with E-state index in [9.17, 15) is 0 Å².